The zero-order chi connectivity index (χ0) is 19.1. The van der Waals surface area contributed by atoms with E-state index < -0.39 is 0 Å². The Balaban J connectivity index is 0.00000280. The summed E-state index contributed by atoms with van der Waals surface area (Å²) in [7, 11) is 1.77. The number of rotatable bonds is 7. The highest BCUT2D eigenvalue weighted by Gasteiger charge is 2.17. The maximum absolute atomic E-state index is 6.11. The second-order valence-electron chi connectivity index (χ2n) is 6.80. The molecule has 1 aromatic carbocycles. The van der Waals surface area contributed by atoms with E-state index in [4.69, 9.17) is 9.47 Å². The quantitative estimate of drug-likeness (QED) is 0.334. The van der Waals surface area contributed by atoms with E-state index in [0.717, 1.165) is 41.9 Å². The van der Waals surface area contributed by atoms with E-state index in [1.54, 1.807) is 18.4 Å². The molecule has 0 bridgehead atoms. The van der Waals surface area contributed by atoms with Gasteiger partial charge in [-0.2, -0.15) is 0 Å². The highest BCUT2D eigenvalue weighted by Crippen LogP contribution is 2.22. The van der Waals surface area contributed by atoms with Crippen molar-refractivity contribution in [2.75, 3.05) is 26.9 Å². The Kier molecular flexibility index (Phi) is 9.46. The van der Waals surface area contributed by atoms with Gasteiger partial charge < -0.3 is 20.1 Å². The third kappa shape index (κ3) is 6.89. The van der Waals surface area contributed by atoms with Crippen molar-refractivity contribution in [2.45, 2.75) is 33.4 Å². The molecule has 1 unspecified atom stereocenters. The number of hydrogen-bond acceptors (Lipinski definition) is 5. The van der Waals surface area contributed by atoms with Crippen LogP contribution in [-0.4, -0.2) is 37.8 Å². The Morgan fingerprint density at radius 2 is 2.14 bits per heavy atom. The van der Waals surface area contributed by atoms with Crippen LogP contribution in [0.1, 0.15) is 27.4 Å². The van der Waals surface area contributed by atoms with Crippen molar-refractivity contribution in [3.63, 3.8) is 0 Å². The van der Waals surface area contributed by atoms with E-state index in [1.807, 2.05) is 6.20 Å². The molecule has 1 atom stereocenters. The molecule has 1 aliphatic heterocycles. The van der Waals surface area contributed by atoms with Gasteiger partial charge in [-0.05, 0) is 31.9 Å². The summed E-state index contributed by atoms with van der Waals surface area (Å²) in [5.41, 5.74) is 2.31. The lowest BCUT2D eigenvalue weighted by atomic mass is 10.1. The van der Waals surface area contributed by atoms with Crippen LogP contribution in [-0.2, 0) is 17.8 Å². The van der Waals surface area contributed by atoms with Gasteiger partial charge in [-0.1, -0.05) is 12.1 Å². The smallest absolute Gasteiger partial charge is 0.191 e. The van der Waals surface area contributed by atoms with Crippen LogP contribution in [0.15, 0.2) is 29.4 Å². The second-order valence-corrected chi connectivity index (χ2v) is 8.12. The van der Waals surface area contributed by atoms with Gasteiger partial charge in [0.15, 0.2) is 5.96 Å². The predicted octanol–water partition coefficient (Wildman–Crippen LogP) is 3.66. The molecule has 8 heteroatoms. The van der Waals surface area contributed by atoms with Crippen LogP contribution >= 0.6 is 35.3 Å². The van der Waals surface area contributed by atoms with E-state index in [2.05, 4.69) is 52.7 Å². The molecule has 0 radical (unpaired) electrons. The first-order valence-corrected chi connectivity index (χ1v) is 10.1. The van der Waals surface area contributed by atoms with Crippen molar-refractivity contribution in [1.29, 1.82) is 0 Å². The summed E-state index contributed by atoms with van der Waals surface area (Å²) in [6, 6.07) is 6.32. The average molecular weight is 516 g/mol. The second kappa shape index (κ2) is 11.6. The molecular weight excluding hydrogens is 487 g/mol. The van der Waals surface area contributed by atoms with Gasteiger partial charge in [0.25, 0.3) is 0 Å². The minimum atomic E-state index is 0. The summed E-state index contributed by atoms with van der Waals surface area (Å²) in [6.45, 7) is 7.80. The highest BCUT2D eigenvalue weighted by atomic mass is 127. The number of aryl methyl sites for hydroxylation is 2. The lowest BCUT2D eigenvalue weighted by Crippen LogP contribution is -2.36. The maximum Gasteiger partial charge on any atom is 0.191 e. The van der Waals surface area contributed by atoms with Crippen LogP contribution in [0, 0.1) is 19.8 Å². The summed E-state index contributed by atoms with van der Waals surface area (Å²) in [4.78, 5) is 9.88. The van der Waals surface area contributed by atoms with Gasteiger partial charge in [-0.3, -0.25) is 4.99 Å². The normalized spacial score (nSPS) is 16.5. The van der Waals surface area contributed by atoms with E-state index >= 15 is 0 Å². The largest absolute Gasteiger partial charge is 0.493 e. The molecule has 0 saturated carbocycles. The fraction of sp³-hybridized carbons (Fsp3) is 0.500. The van der Waals surface area contributed by atoms with Crippen molar-refractivity contribution in [3.8, 4) is 5.75 Å². The molecule has 0 amide bonds. The molecule has 1 aliphatic rings. The molecule has 0 spiro atoms. The molecule has 1 aromatic heterocycles. The van der Waals surface area contributed by atoms with Gasteiger partial charge in [-0.25, -0.2) is 4.98 Å². The first kappa shape index (κ1) is 22.9. The Labute approximate surface area is 188 Å². The molecule has 1 saturated heterocycles. The van der Waals surface area contributed by atoms with Crippen LogP contribution in [0.4, 0.5) is 0 Å². The monoisotopic (exact) mass is 516 g/mol. The molecule has 2 N–H and O–H groups in total. The minimum absolute atomic E-state index is 0. The van der Waals surface area contributed by atoms with Gasteiger partial charge in [0.05, 0.1) is 19.8 Å². The molecule has 0 aliphatic carbocycles. The zero-order valence-corrected chi connectivity index (χ0v) is 19.8. The first-order chi connectivity index (χ1) is 13.1. The Bertz CT molecular complexity index is 775. The summed E-state index contributed by atoms with van der Waals surface area (Å²) in [5.74, 6) is 2.17. The Hall–Kier alpha value is -1.39. The van der Waals surface area contributed by atoms with Crippen molar-refractivity contribution in [3.05, 3.63) is 45.4 Å². The number of ether oxygens (including phenoxy) is 2. The summed E-state index contributed by atoms with van der Waals surface area (Å²) >= 11 is 1.69. The molecule has 6 nitrogen and oxygen atoms in total. The molecular formula is C20H29IN4O2S. The molecule has 28 heavy (non-hydrogen) atoms. The van der Waals surface area contributed by atoms with Crippen LogP contribution in [0.2, 0.25) is 0 Å². The fourth-order valence-corrected chi connectivity index (χ4v) is 3.63. The molecule has 154 valence electrons. The number of aromatic nitrogens is 1. The predicted molar refractivity (Wildman–Crippen MR) is 125 cm³/mol. The van der Waals surface area contributed by atoms with Crippen molar-refractivity contribution in [2.24, 2.45) is 10.9 Å². The van der Waals surface area contributed by atoms with Gasteiger partial charge in [0.2, 0.25) is 0 Å². The topological polar surface area (TPSA) is 67.8 Å². The minimum Gasteiger partial charge on any atom is -0.493 e. The number of hydrogen-bond donors (Lipinski definition) is 2. The Morgan fingerprint density at radius 3 is 2.82 bits per heavy atom. The average Bonchev–Trinajstić information content (AvgIpc) is 3.33. The number of aliphatic imine (C=N–C) groups is 1. The van der Waals surface area contributed by atoms with Crippen molar-refractivity contribution in [1.82, 2.24) is 15.6 Å². The third-order valence-corrected chi connectivity index (χ3v) is 5.38. The molecule has 1 fully saturated rings. The number of benzene rings is 1. The maximum atomic E-state index is 6.11. The third-order valence-electron chi connectivity index (χ3n) is 4.47. The zero-order valence-electron chi connectivity index (χ0n) is 16.7. The first-order valence-electron chi connectivity index (χ1n) is 9.30. The summed E-state index contributed by atoms with van der Waals surface area (Å²) < 4.78 is 11.5. The molecule has 2 aromatic rings. The van der Waals surface area contributed by atoms with Crippen LogP contribution < -0.4 is 15.4 Å². The van der Waals surface area contributed by atoms with E-state index in [9.17, 15) is 0 Å². The number of nitrogens with zero attached hydrogens (tertiary/aromatic N) is 2. The van der Waals surface area contributed by atoms with Gasteiger partial charge in [0, 0.05) is 42.8 Å². The van der Waals surface area contributed by atoms with Crippen molar-refractivity contribution >= 4 is 41.3 Å². The summed E-state index contributed by atoms with van der Waals surface area (Å²) in [5, 5.41) is 7.72. The van der Waals surface area contributed by atoms with Crippen LogP contribution in [0.3, 0.4) is 0 Å². The molecule has 2 heterocycles. The van der Waals surface area contributed by atoms with E-state index in [0.29, 0.717) is 25.6 Å². The van der Waals surface area contributed by atoms with Crippen LogP contribution in [0.25, 0.3) is 0 Å². The van der Waals surface area contributed by atoms with Gasteiger partial charge in [0.1, 0.15) is 10.8 Å². The highest BCUT2D eigenvalue weighted by molar-refractivity contribution is 14.0. The lowest BCUT2D eigenvalue weighted by Gasteiger charge is -2.16. The standard InChI is InChI=1S/C20H28N4O2S.HI/c1-14-4-5-17(18(8-14)26-13-16-6-7-25-12-16)10-23-20(21-3)24-11-19-22-9-15(2)27-19;/h4-5,8-9,16H,6-7,10-13H2,1-3H3,(H2,21,23,24);1H. The van der Waals surface area contributed by atoms with Gasteiger partial charge in [-0.15, -0.1) is 35.3 Å². The Morgan fingerprint density at radius 1 is 1.32 bits per heavy atom. The van der Waals surface area contributed by atoms with Crippen LogP contribution in [0.5, 0.6) is 5.75 Å². The number of guanidine groups is 1. The van der Waals surface area contributed by atoms with Gasteiger partial charge >= 0.3 is 0 Å². The molecule has 3 rings (SSSR count). The van der Waals surface area contributed by atoms with E-state index in [1.165, 1.54) is 10.4 Å². The van der Waals surface area contributed by atoms with E-state index in [-0.39, 0.29) is 24.0 Å². The summed E-state index contributed by atoms with van der Waals surface area (Å²) in [6.07, 6.45) is 2.97. The number of thiazole rings is 1. The van der Waals surface area contributed by atoms with Crippen molar-refractivity contribution < 1.29 is 9.47 Å². The lowest BCUT2D eigenvalue weighted by molar-refractivity contribution is 0.166. The number of halogens is 1. The fourth-order valence-electron chi connectivity index (χ4n) is 2.91. The number of nitrogens with one attached hydrogen (secondary N) is 2. The SMILES string of the molecule is CN=C(NCc1ncc(C)s1)NCc1ccc(C)cc1OCC1CCOC1.I.